The second-order valence-corrected chi connectivity index (χ2v) is 6.12. The number of carbonyl (C=O) groups is 2. The van der Waals surface area contributed by atoms with E-state index in [1.807, 2.05) is 0 Å². The third kappa shape index (κ3) is 4.99. The van der Waals surface area contributed by atoms with E-state index in [0.717, 1.165) is 25.0 Å². The number of halogens is 2. The highest BCUT2D eigenvalue weighted by molar-refractivity contribution is 5.79. The van der Waals surface area contributed by atoms with Gasteiger partial charge in [-0.15, -0.1) is 0 Å². The molecule has 1 aliphatic carbocycles. The molecule has 2 amide bonds. The van der Waals surface area contributed by atoms with Crippen molar-refractivity contribution in [2.45, 2.75) is 44.7 Å². The Hall–Kier alpha value is -2.02. The fourth-order valence-electron chi connectivity index (χ4n) is 2.83. The van der Waals surface area contributed by atoms with Crippen LogP contribution in [0, 0.1) is 17.6 Å². The molecule has 0 saturated heterocycles. The molecule has 5 nitrogen and oxygen atoms in total. The van der Waals surface area contributed by atoms with Gasteiger partial charge in [0.2, 0.25) is 11.8 Å². The molecule has 0 spiro atoms. The van der Waals surface area contributed by atoms with Crippen LogP contribution in [0.1, 0.15) is 44.2 Å². The number of amides is 2. The fourth-order valence-corrected chi connectivity index (χ4v) is 2.83. The molecule has 7 heteroatoms. The highest BCUT2D eigenvalue weighted by atomic mass is 19.1. The van der Waals surface area contributed by atoms with E-state index in [2.05, 4.69) is 10.6 Å². The summed E-state index contributed by atoms with van der Waals surface area (Å²) in [6.45, 7) is 1.18. The molecule has 1 aromatic rings. The van der Waals surface area contributed by atoms with Gasteiger partial charge in [0.25, 0.3) is 0 Å². The molecule has 1 saturated carbocycles. The Bertz CT molecular complexity index is 585. The number of hydrogen-bond acceptors (Lipinski definition) is 3. The van der Waals surface area contributed by atoms with Gasteiger partial charge in [0, 0.05) is 25.1 Å². The van der Waals surface area contributed by atoms with E-state index in [1.165, 1.54) is 13.0 Å². The van der Waals surface area contributed by atoms with Crippen LogP contribution in [0.4, 0.5) is 8.78 Å². The highest BCUT2D eigenvalue weighted by Crippen LogP contribution is 2.34. The molecule has 2 unspecified atom stereocenters. The predicted molar refractivity (Wildman–Crippen MR) is 83.9 cm³/mol. The summed E-state index contributed by atoms with van der Waals surface area (Å²) < 4.78 is 27.9. The van der Waals surface area contributed by atoms with Gasteiger partial charge in [0.05, 0.1) is 12.5 Å². The maximum atomic E-state index is 14.0. The smallest absolute Gasteiger partial charge is 0.222 e. The molecule has 0 heterocycles. The summed E-state index contributed by atoms with van der Waals surface area (Å²) in [5, 5.41) is 14.3. The zero-order chi connectivity index (χ0) is 17.7. The topological polar surface area (TPSA) is 78.4 Å². The quantitative estimate of drug-likeness (QED) is 0.675. The van der Waals surface area contributed by atoms with Gasteiger partial charge in [-0.2, -0.15) is 0 Å². The van der Waals surface area contributed by atoms with Crippen LogP contribution in [0.25, 0.3) is 0 Å². The normalized spacial score (nSPS) is 16.3. The molecule has 0 aromatic heterocycles. The minimum atomic E-state index is -1.09. The molecular formula is C17H22F2N2O3. The number of benzene rings is 1. The van der Waals surface area contributed by atoms with E-state index in [9.17, 15) is 18.4 Å². The Kier molecular flexibility index (Phi) is 6.25. The zero-order valence-electron chi connectivity index (χ0n) is 13.5. The first-order chi connectivity index (χ1) is 11.4. The summed E-state index contributed by atoms with van der Waals surface area (Å²) in [4.78, 5) is 23.6. The Morgan fingerprint density at radius 1 is 1.25 bits per heavy atom. The summed E-state index contributed by atoms with van der Waals surface area (Å²) in [5.74, 6) is -2.18. The van der Waals surface area contributed by atoms with Crippen molar-refractivity contribution in [3.63, 3.8) is 0 Å². The number of aliphatic hydroxyl groups excluding tert-OH is 1. The lowest BCUT2D eigenvalue weighted by atomic mass is 10.0. The predicted octanol–water partition coefficient (Wildman–Crippen LogP) is 1.81. The van der Waals surface area contributed by atoms with Crippen LogP contribution in [-0.2, 0) is 9.59 Å². The molecule has 1 aliphatic rings. The highest BCUT2D eigenvalue weighted by Gasteiger charge is 2.32. The van der Waals surface area contributed by atoms with E-state index in [4.69, 9.17) is 5.11 Å². The third-order valence-corrected chi connectivity index (χ3v) is 4.09. The van der Waals surface area contributed by atoms with Crippen LogP contribution in [0.3, 0.4) is 0 Å². The van der Waals surface area contributed by atoms with Crippen molar-refractivity contribution in [2.75, 3.05) is 6.61 Å². The summed E-state index contributed by atoms with van der Waals surface area (Å²) >= 11 is 0. The van der Waals surface area contributed by atoms with Crippen LogP contribution >= 0.6 is 0 Å². The number of nitrogens with one attached hydrogen (secondary N) is 2. The van der Waals surface area contributed by atoms with Gasteiger partial charge in [-0.05, 0) is 37.3 Å². The largest absolute Gasteiger partial charge is 0.396 e. The van der Waals surface area contributed by atoms with E-state index in [-0.39, 0.29) is 24.6 Å². The molecule has 0 bridgehead atoms. The Morgan fingerprint density at radius 3 is 2.38 bits per heavy atom. The van der Waals surface area contributed by atoms with Gasteiger partial charge >= 0.3 is 0 Å². The number of hydrogen-bond donors (Lipinski definition) is 3. The van der Waals surface area contributed by atoms with E-state index < -0.39 is 29.5 Å². The average molecular weight is 340 g/mol. The lowest BCUT2D eigenvalue weighted by molar-refractivity contribution is -0.123. The van der Waals surface area contributed by atoms with Crippen molar-refractivity contribution in [1.82, 2.24) is 10.6 Å². The first kappa shape index (κ1) is 18.3. The average Bonchev–Trinajstić information content (AvgIpc) is 3.30. The summed E-state index contributed by atoms with van der Waals surface area (Å²) in [7, 11) is 0. The lowest BCUT2D eigenvalue weighted by Crippen LogP contribution is -2.40. The second-order valence-electron chi connectivity index (χ2n) is 6.12. The molecule has 1 aromatic carbocycles. The molecule has 3 N–H and O–H groups in total. The lowest BCUT2D eigenvalue weighted by Gasteiger charge is -2.22. The molecule has 2 atom stereocenters. The molecule has 2 rings (SSSR count). The Balaban J connectivity index is 2.10. The molecule has 132 valence electrons. The number of carbonyl (C=O) groups excluding carboxylic acids is 2. The van der Waals surface area contributed by atoms with Crippen molar-refractivity contribution in [3.8, 4) is 0 Å². The molecular weight excluding hydrogens is 318 g/mol. The fraction of sp³-hybridized carbons (Fsp3) is 0.529. The van der Waals surface area contributed by atoms with Gasteiger partial charge in [0.1, 0.15) is 11.6 Å². The Labute approximate surface area is 139 Å². The zero-order valence-corrected chi connectivity index (χ0v) is 13.5. The summed E-state index contributed by atoms with van der Waals surface area (Å²) in [6, 6.07) is 2.17. The minimum absolute atomic E-state index is 0.0431. The van der Waals surface area contributed by atoms with Crippen LogP contribution in [0.5, 0.6) is 0 Å². The van der Waals surface area contributed by atoms with Gasteiger partial charge < -0.3 is 15.7 Å². The first-order valence-electron chi connectivity index (χ1n) is 8.03. The van der Waals surface area contributed by atoms with Gasteiger partial charge in [0.15, 0.2) is 0 Å². The molecule has 24 heavy (non-hydrogen) atoms. The van der Waals surface area contributed by atoms with Gasteiger partial charge in [-0.3, -0.25) is 9.59 Å². The van der Waals surface area contributed by atoms with Crippen LogP contribution in [0.15, 0.2) is 18.2 Å². The summed E-state index contributed by atoms with van der Waals surface area (Å²) in [5.41, 5.74) is -0.326. The van der Waals surface area contributed by atoms with E-state index in [0.29, 0.717) is 12.3 Å². The Morgan fingerprint density at radius 2 is 1.88 bits per heavy atom. The maximum absolute atomic E-state index is 14.0. The second kappa shape index (κ2) is 8.19. The maximum Gasteiger partial charge on any atom is 0.222 e. The van der Waals surface area contributed by atoms with Gasteiger partial charge in [-0.1, -0.05) is 6.07 Å². The van der Waals surface area contributed by atoms with Crippen molar-refractivity contribution in [2.24, 2.45) is 5.92 Å². The monoisotopic (exact) mass is 340 g/mol. The standard InChI is InChI=1S/C17H22F2N2O3/c1-10(23)20-15(17-12(18)3-2-4-13(17)19)9-16(24)21-14(7-8-22)11-5-6-11/h2-4,11,14-15,22H,5-9H2,1H3,(H,20,23)(H,21,24). The van der Waals surface area contributed by atoms with E-state index in [1.54, 1.807) is 0 Å². The first-order valence-corrected chi connectivity index (χ1v) is 8.03. The number of aliphatic hydroxyl groups is 1. The van der Waals surface area contributed by atoms with Crippen molar-refractivity contribution in [3.05, 3.63) is 35.4 Å². The van der Waals surface area contributed by atoms with E-state index >= 15 is 0 Å². The van der Waals surface area contributed by atoms with Crippen LogP contribution < -0.4 is 10.6 Å². The molecule has 1 fully saturated rings. The minimum Gasteiger partial charge on any atom is -0.396 e. The molecule has 0 aliphatic heterocycles. The van der Waals surface area contributed by atoms with Crippen LogP contribution in [-0.4, -0.2) is 29.6 Å². The number of rotatable bonds is 8. The van der Waals surface area contributed by atoms with Crippen molar-refractivity contribution < 1.29 is 23.5 Å². The van der Waals surface area contributed by atoms with Crippen molar-refractivity contribution >= 4 is 11.8 Å². The van der Waals surface area contributed by atoms with Crippen molar-refractivity contribution in [1.29, 1.82) is 0 Å². The van der Waals surface area contributed by atoms with Crippen LogP contribution in [0.2, 0.25) is 0 Å². The molecule has 0 radical (unpaired) electrons. The SMILES string of the molecule is CC(=O)NC(CC(=O)NC(CCO)C1CC1)c1c(F)cccc1F. The summed E-state index contributed by atoms with van der Waals surface area (Å²) in [6.07, 6.45) is 2.14. The third-order valence-electron chi connectivity index (χ3n) is 4.09. The van der Waals surface area contributed by atoms with Gasteiger partial charge in [-0.25, -0.2) is 8.78 Å².